The van der Waals surface area contributed by atoms with Gasteiger partial charge in [-0.05, 0) is 37.0 Å². The molecule has 0 atom stereocenters. The summed E-state index contributed by atoms with van der Waals surface area (Å²) in [6, 6.07) is 18.3. The van der Waals surface area contributed by atoms with Gasteiger partial charge in [-0.1, -0.05) is 36.4 Å². The molecule has 0 unspecified atom stereocenters. The standard InChI is InChI=1S/C22H28N2O3/c1-26-21-10-6-9-20(17-21)24(22(25)27-2)19-12-15-23(16-13-19)14-11-18-7-4-3-5-8-18/h3-10,17,19H,11-16H2,1-2H3. The average Bonchev–Trinajstić information content (AvgIpc) is 2.74. The van der Waals surface area contributed by atoms with Crippen molar-refractivity contribution in [2.75, 3.05) is 38.8 Å². The molecular formula is C22H28N2O3. The number of anilines is 1. The van der Waals surface area contributed by atoms with Crippen molar-refractivity contribution in [2.24, 2.45) is 0 Å². The number of hydrogen-bond donors (Lipinski definition) is 0. The molecule has 0 aromatic heterocycles. The summed E-state index contributed by atoms with van der Waals surface area (Å²) >= 11 is 0. The number of likely N-dealkylation sites (tertiary alicyclic amines) is 1. The molecule has 1 heterocycles. The van der Waals surface area contributed by atoms with Crippen LogP contribution in [0.2, 0.25) is 0 Å². The fourth-order valence-corrected chi connectivity index (χ4v) is 3.66. The predicted molar refractivity (Wildman–Crippen MR) is 107 cm³/mol. The van der Waals surface area contributed by atoms with Gasteiger partial charge in [0.25, 0.3) is 0 Å². The third kappa shape index (κ3) is 5.01. The van der Waals surface area contributed by atoms with Gasteiger partial charge in [0.15, 0.2) is 0 Å². The Morgan fingerprint density at radius 1 is 1.07 bits per heavy atom. The summed E-state index contributed by atoms with van der Waals surface area (Å²) in [5.41, 5.74) is 2.19. The second kappa shape index (κ2) is 9.42. The Bertz CT molecular complexity index is 727. The van der Waals surface area contributed by atoms with Gasteiger partial charge >= 0.3 is 6.09 Å². The maximum Gasteiger partial charge on any atom is 0.414 e. The van der Waals surface area contributed by atoms with Crippen LogP contribution in [0.5, 0.6) is 5.75 Å². The number of carbonyl (C=O) groups is 1. The van der Waals surface area contributed by atoms with Crippen LogP contribution in [0.25, 0.3) is 0 Å². The lowest BCUT2D eigenvalue weighted by Crippen LogP contribution is -2.48. The van der Waals surface area contributed by atoms with E-state index in [1.54, 1.807) is 12.0 Å². The summed E-state index contributed by atoms with van der Waals surface area (Å²) in [5, 5.41) is 0. The topological polar surface area (TPSA) is 42.0 Å². The Morgan fingerprint density at radius 2 is 1.81 bits per heavy atom. The number of hydrogen-bond acceptors (Lipinski definition) is 4. The summed E-state index contributed by atoms with van der Waals surface area (Å²) in [6.07, 6.45) is 2.61. The Balaban J connectivity index is 1.61. The quantitative estimate of drug-likeness (QED) is 0.774. The van der Waals surface area contributed by atoms with Crippen molar-refractivity contribution in [1.82, 2.24) is 4.90 Å². The number of carbonyl (C=O) groups excluding carboxylic acids is 1. The smallest absolute Gasteiger partial charge is 0.414 e. The molecule has 1 fully saturated rings. The van der Waals surface area contributed by atoms with Crippen molar-refractivity contribution in [3.05, 3.63) is 60.2 Å². The number of rotatable bonds is 6. The first-order chi connectivity index (χ1) is 13.2. The third-order valence-electron chi connectivity index (χ3n) is 5.18. The molecule has 0 saturated carbocycles. The SMILES string of the molecule is COC(=O)N(c1cccc(OC)c1)C1CCN(CCc2ccccc2)CC1. The molecule has 0 radical (unpaired) electrons. The molecule has 5 heteroatoms. The zero-order chi connectivity index (χ0) is 19.1. The minimum Gasteiger partial charge on any atom is -0.497 e. The lowest BCUT2D eigenvalue weighted by molar-refractivity contribution is 0.165. The largest absolute Gasteiger partial charge is 0.497 e. The highest BCUT2D eigenvalue weighted by Gasteiger charge is 2.30. The molecule has 3 rings (SSSR count). The average molecular weight is 368 g/mol. The number of nitrogens with zero attached hydrogens (tertiary/aromatic N) is 2. The van der Waals surface area contributed by atoms with E-state index < -0.39 is 0 Å². The summed E-state index contributed by atoms with van der Waals surface area (Å²) in [7, 11) is 3.07. The predicted octanol–water partition coefficient (Wildman–Crippen LogP) is 3.98. The summed E-state index contributed by atoms with van der Waals surface area (Å²) in [6.45, 7) is 3.01. The number of amides is 1. The molecule has 0 aliphatic carbocycles. The zero-order valence-electron chi connectivity index (χ0n) is 16.1. The molecule has 1 aliphatic heterocycles. The highest BCUT2D eigenvalue weighted by atomic mass is 16.5. The molecule has 0 bridgehead atoms. The van der Waals surface area contributed by atoms with Crippen molar-refractivity contribution in [1.29, 1.82) is 0 Å². The summed E-state index contributed by atoms with van der Waals surface area (Å²) in [5.74, 6) is 0.738. The normalized spacial score (nSPS) is 15.3. The Labute approximate surface area is 161 Å². The van der Waals surface area contributed by atoms with E-state index in [2.05, 4.69) is 35.2 Å². The van der Waals surface area contributed by atoms with Gasteiger partial charge < -0.3 is 14.4 Å². The van der Waals surface area contributed by atoms with Gasteiger partial charge in [-0.15, -0.1) is 0 Å². The minimum atomic E-state index is -0.314. The van der Waals surface area contributed by atoms with E-state index in [1.165, 1.54) is 12.7 Å². The van der Waals surface area contributed by atoms with Gasteiger partial charge in [0.05, 0.1) is 19.9 Å². The molecule has 1 saturated heterocycles. The molecule has 2 aromatic rings. The van der Waals surface area contributed by atoms with Crippen molar-refractivity contribution < 1.29 is 14.3 Å². The Hall–Kier alpha value is -2.53. The molecule has 27 heavy (non-hydrogen) atoms. The van der Waals surface area contributed by atoms with E-state index >= 15 is 0 Å². The molecule has 0 N–H and O–H groups in total. The van der Waals surface area contributed by atoms with Gasteiger partial charge in [0.2, 0.25) is 0 Å². The lowest BCUT2D eigenvalue weighted by Gasteiger charge is -2.37. The van der Waals surface area contributed by atoms with E-state index in [1.807, 2.05) is 24.3 Å². The summed E-state index contributed by atoms with van der Waals surface area (Å²) in [4.78, 5) is 16.7. The first-order valence-electron chi connectivity index (χ1n) is 9.49. The second-order valence-corrected chi connectivity index (χ2v) is 6.85. The van der Waals surface area contributed by atoms with E-state index in [-0.39, 0.29) is 12.1 Å². The van der Waals surface area contributed by atoms with Crippen molar-refractivity contribution >= 4 is 11.8 Å². The van der Waals surface area contributed by atoms with Gasteiger partial charge in [0, 0.05) is 31.7 Å². The number of methoxy groups -OCH3 is 2. The fourth-order valence-electron chi connectivity index (χ4n) is 3.66. The van der Waals surface area contributed by atoms with E-state index in [9.17, 15) is 4.79 Å². The molecule has 5 nitrogen and oxygen atoms in total. The number of benzene rings is 2. The van der Waals surface area contributed by atoms with Crippen LogP contribution in [0, 0.1) is 0 Å². The molecule has 0 spiro atoms. The maximum atomic E-state index is 12.5. The first kappa shape index (κ1) is 19.2. The van der Waals surface area contributed by atoms with Crippen molar-refractivity contribution in [3.8, 4) is 5.75 Å². The van der Waals surface area contributed by atoms with Crippen LogP contribution in [0.4, 0.5) is 10.5 Å². The summed E-state index contributed by atoms with van der Waals surface area (Å²) < 4.78 is 10.4. The molecule has 144 valence electrons. The van der Waals surface area contributed by atoms with Crippen molar-refractivity contribution in [2.45, 2.75) is 25.3 Å². The lowest BCUT2D eigenvalue weighted by atomic mass is 10.0. The van der Waals surface area contributed by atoms with Crippen LogP contribution in [0.1, 0.15) is 18.4 Å². The second-order valence-electron chi connectivity index (χ2n) is 6.85. The molecule has 2 aromatic carbocycles. The molecule has 1 aliphatic rings. The van der Waals surface area contributed by atoms with Crippen LogP contribution in [-0.4, -0.2) is 50.9 Å². The monoisotopic (exact) mass is 368 g/mol. The van der Waals surface area contributed by atoms with Gasteiger partial charge in [-0.25, -0.2) is 4.79 Å². The van der Waals surface area contributed by atoms with Crippen LogP contribution >= 0.6 is 0 Å². The van der Waals surface area contributed by atoms with Gasteiger partial charge in [0.1, 0.15) is 5.75 Å². The maximum absolute atomic E-state index is 12.5. The number of piperidine rings is 1. The van der Waals surface area contributed by atoms with Crippen LogP contribution in [0.3, 0.4) is 0 Å². The molecule has 1 amide bonds. The zero-order valence-corrected chi connectivity index (χ0v) is 16.1. The minimum absolute atomic E-state index is 0.137. The fraction of sp³-hybridized carbons (Fsp3) is 0.409. The van der Waals surface area contributed by atoms with E-state index in [0.29, 0.717) is 0 Å². The van der Waals surface area contributed by atoms with Crippen molar-refractivity contribution in [3.63, 3.8) is 0 Å². The number of ether oxygens (including phenoxy) is 2. The van der Waals surface area contributed by atoms with E-state index in [0.717, 1.165) is 50.3 Å². The highest BCUT2D eigenvalue weighted by Crippen LogP contribution is 2.27. The molecular weight excluding hydrogens is 340 g/mol. The van der Waals surface area contributed by atoms with Crippen LogP contribution < -0.4 is 9.64 Å². The first-order valence-corrected chi connectivity index (χ1v) is 9.49. The van der Waals surface area contributed by atoms with Crippen LogP contribution in [-0.2, 0) is 11.2 Å². The third-order valence-corrected chi connectivity index (χ3v) is 5.18. The van der Waals surface area contributed by atoms with E-state index in [4.69, 9.17) is 9.47 Å². The van der Waals surface area contributed by atoms with Gasteiger partial charge in [-0.2, -0.15) is 0 Å². The Kier molecular flexibility index (Phi) is 6.71. The Morgan fingerprint density at radius 3 is 2.48 bits per heavy atom. The highest BCUT2D eigenvalue weighted by molar-refractivity contribution is 5.88. The van der Waals surface area contributed by atoms with Gasteiger partial charge in [-0.3, -0.25) is 4.90 Å². The van der Waals surface area contributed by atoms with Crippen LogP contribution in [0.15, 0.2) is 54.6 Å².